The number of nitrogens with zero attached hydrogens (tertiary/aromatic N) is 1. The first-order valence-corrected chi connectivity index (χ1v) is 11.6. The van der Waals surface area contributed by atoms with E-state index in [-0.39, 0.29) is 22.8 Å². The molecule has 0 radical (unpaired) electrons. The number of carboxylic acids is 1. The number of halogens is 2. The molecule has 3 aromatic rings. The topological polar surface area (TPSA) is 117 Å². The van der Waals surface area contributed by atoms with Crippen LogP contribution in [0.2, 0.25) is 10.0 Å². The van der Waals surface area contributed by atoms with Gasteiger partial charge in [0, 0.05) is 11.4 Å². The summed E-state index contributed by atoms with van der Waals surface area (Å²) in [5, 5.41) is 16.3. The first kappa shape index (κ1) is 26.7. The van der Waals surface area contributed by atoms with Crippen LogP contribution in [0.4, 0.5) is 0 Å². The lowest BCUT2D eigenvalue weighted by atomic mass is 10.1. The summed E-state index contributed by atoms with van der Waals surface area (Å²) < 4.78 is 5.65. The largest absolute Gasteiger partial charge is 0.479 e. The normalized spacial score (nSPS) is 12.5. The first-order chi connectivity index (χ1) is 17.2. The minimum Gasteiger partial charge on any atom is -0.479 e. The molecule has 0 bridgehead atoms. The predicted octanol–water partition coefficient (Wildman–Crippen LogP) is 4.34. The van der Waals surface area contributed by atoms with Crippen LogP contribution in [0, 0.1) is 0 Å². The molecular weight excluding hydrogens is 505 g/mol. The minimum absolute atomic E-state index is 0.137. The van der Waals surface area contributed by atoms with Crippen LogP contribution in [0.1, 0.15) is 28.4 Å². The molecule has 0 fully saturated rings. The Morgan fingerprint density at radius 2 is 1.69 bits per heavy atom. The van der Waals surface area contributed by atoms with Gasteiger partial charge in [-0.1, -0.05) is 65.7 Å². The third kappa shape index (κ3) is 7.83. The fourth-order valence-corrected chi connectivity index (χ4v) is 3.58. The number of ether oxygens (including phenoxy) is 1. The molecule has 0 aromatic heterocycles. The SMILES string of the molecule is C[C@H](Oc1ccc(Cl)cc1Cl)C(=O)N[C@H](Cc1ccccc1)C(=O)N/N=C\c1ccc(C(=O)O)cc1. The Hall–Kier alpha value is -3.88. The zero-order chi connectivity index (χ0) is 26.1. The molecule has 0 spiro atoms. The standard InChI is InChI=1S/C26H23Cl2N3O5/c1-16(36-23-12-11-20(27)14-21(23)28)24(32)30-22(13-17-5-3-2-4-6-17)25(33)31-29-15-18-7-9-19(10-8-18)26(34)35/h2-12,14-16,22H,13H2,1H3,(H,30,32)(H,31,33)(H,34,35)/b29-15-/t16-,22+/m0/s1. The van der Waals surface area contributed by atoms with E-state index in [2.05, 4.69) is 15.8 Å². The van der Waals surface area contributed by atoms with Gasteiger partial charge in [0.25, 0.3) is 11.8 Å². The van der Waals surface area contributed by atoms with E-state index < -0.39 is 29.9 Å². The number of carboxylic acid groups (broad SMARTS) is 1. The van der Waals surface area contributed by atoms with E-state index in [9.17, 15) is 14.4 Å². The summed E-state index contributed by atoms with van der Waals surface area (Å²) in [6.45, 7) is 1.54. The number of rotatable bonds is 10. The molecule has 36 heavy (non-hydrogen) atoms. The van der Waals surface area contributed by atoms with Gasteiger partial charge in [-0.15, -0.1) is 0 Å². The number of hydrazone groups is 1. The zero-order valence-electron chi connectivity index (χ0n) is 19.2. The van der Waals surface area contributed by atoms with E-state index in [1.165, 1.54) is 31.3 Å². The van der Waals surface area contributed by atoms with Gasteiger partial charge in [0.05, 0.1) is 16.8 Å². The molecule has 0 unspecified atom stereocenters. The molecule has 0 aliphatic rings. The van der Waals surface area contributed by atoms with E-state index in [0.29, 0.717) is 10.6 Å². The second-order valence-corrected chi connectivity index (χ2v) is 8.59. The monoisotopic (exact) mass is 527 g/mol. The molecule has 0 saturated carbocycles. The highest BCUT2D eigenvalue weighted by molar-refractivity contribution is 6.35. The molecule has 2 amide bonds. The molecule has 10 heteroatoms. The number of carbonyl (C=O) groups excluding carboxylic acids is 2. The molecule has 8 nitrogen and oxygen atoms in total. The lowest BCUT2D eigenvalue weighted by molar-refractivity contribution is -0.132. The highest BCUT2D eigenvalue weighted by Crippen LogP contribution is 2.28. The maximum absolute atomic E-state index is 12.9. The maximum Gasteiger partial charge on any atom is 0.335 e. The van der Waals surface area contributed by atoms with E-state index in [0.717, 1.165) is 5.56 Å². The van der Waals surface area contributed by atoms with Gasteiger partial charge in [0.2, 0.25) is 0 Å². The van der Waals surface area contributed by atoms with Crippen molar-refractivity contribution in [1.82, 2.24) is 10.7 Å². The van der Waals surface area contributed by atoms with Crippen molar-refractivity contribution >= 4 is 47.2 Å². The van der Waals surface area contributed by atoms with Crippen molar-refractivity contribution in [3.63, 3.8) is 0 Å². The van der Waals surface area contributed by atoms with Gasteiger partial charge in [0.15, 0.2) is 6.10 Å². The number of benzene rings is 3. The van der Waals surface area contributed by atoms with Gasteiger partial charge in [-0.25, -0.2) is 10.2 Å². The molecule has 3 rings (SSSR count). The highest BCUT2D eigenvalue weighted by atomic mass is 35.5. The Morgan fingerprint density at radius 1 is 1.00 bits per heavy atom. The van der Waals surface area contributed by atoms with Crippen LogP contribution in [-0.4, -0.2) is 41.3 Å². The Balaban J connectivity index is 1.67. The van der Waals surface area contributed by atoms with Crippen molar-refractivity contribution in [2.45, 2.75) is 25.5 Å². The van der Waals surface area contributed by atoms with Crippen LogP contribution < -0.4 is 15.5 Å². The lowest BCUT2D eigenvalue weighted by Crippen LogP contribution is -2.50. The Bertz CT molecular complexity index is 1250. The molecule has 3 N–H and O–H groups in total. The minimum atomic E-state index is -1.04. The third-order valence-corrected chi connectivity index (χ3v) is 5.56. The number of nitrogens with one attached hydrogen (secondary N) is 2. The maximum atomic E-state index is 12.9. The van der Waals surface area contributed by atoms with Gasteiger partial charge in [-0.3, -0.25) is 9.59 Å². The fourth-order valence-electron chi connectivity index (χ4n) is 3.12. The number of aromatic carboxylic acids is 1. The fraction of sp³-hybridized carbons (Fsp3) is 0.154. The molecule has 2 atom stereocenters. The summed E-state index contributed by atoms with van der Waals surface area (Å²) in [6, 6.07) is 18.9. The molecule has 0 aliphatic carbocycles. The van der Waals surface area contributed by atoms with Gasteiger partial charge in [-0.2, -0.15) is 5.10 Å². The van der Waals surface area contributed by atoms with E-state index >= 15 is 0 Å². The molecule has 3 aromatic carbocycles. The van der Waals surface area contributed by atoms with Crippen LogP contribution in [0.5, 0.6) is 5.75 Å². The molecule has 0 saturated heterocycles. The molecular formula is C26H23Cl2N3O5. The van der Waals surface area contributed by atoms with Crippen LogP contribution in [0.25, 0.3) is 0 Å². The van der Waals surface area contributed by atoms with E-state index in [4.69, 9.17) is 33.0 Å². The van der Waals surface area contributed by atoms with Crippen molar-refractivity contribution in [2.24, 2.45) is 5.10 Å². The van der Waals surface area contributed by atoms with Crippen LogP contribution >= 0.6 is 23.2 Å². The quantitative estimate of drug-likeness (QED) is 0.268. The van der Waals surface area contributed by atoms with Crippen molar-refractivity contribution < 1.29 is 24.2 Å². The third-order valence-electron chi connectivity index (χ3n) is 5.03. The van der Waals surface area contributed by atoms with Gasteiger partial charge in [-0.05, 0) is 48.4 Å². The van der Waals surface area contributed by atoms with Crippen molar-refractivity contribution in [1.29, 1.82) is 0 Å². The summed E-state index contributed by atoms with van der Waals surface area (Å²) in [7, 11) is 0. The summed E-state index contributed by atoms with van der Waals surface area (Å²) in [4.78, 5) is 36.7. The molecule has 0 heterocycles. The summed E-state index contributed by atoms with van der Waals surface area (Å²) in [6.07, 6.45) is 0.639. The average Bonchev–Trinajstić information content (AvgIpc) is 2.86. The highest BCUT2D eigenvalue weighted by Gasteiger charge is 2.25. The number of carbonyl (C=O) groups is 3. The van der Waals surface area contributed by atoms with Crippen LogP contribution in [0.15, 0.2) is 77.9 Å². The van der Waals surface area contributed by atoms with Gasteiger partial charge < -0.3 is 15.2 Å². The number of amides is 2. The Morgan fingerprint density at radius 3 is 2.33 bits per heavy atom. The number of hydrogen-bond donors (Lipinski definition) is 3. The second-order valence-electron chi connectivity index (χ2n) is 7.75. The van der Waals surface area contributed by atoms with Crippen LogP contribution in [-0.2, 0) is 16.0 Å². The second kappa shape index (κ2) is 12.7. The van der Waals surface area contributed by atoms with Crippen molar-refractivity contribution in [2.75, 3.05) is 0 Å². The van der Waals surface area contributed by atoms with Crippen LogP contribution in [0.3, 0.4) is 0 Å². The Labute approximate surface area is 217 Å². The van der Waals surface area contributed by atoms with Gasteiger partial charge >= 0.3 is 5.97 Å². The van der Waals surface area contributed by atoms with Crippen molar-refractivity contribution in [3.05, 3.63) is 99.5 Å². The lowest BCUT2D eigenvalue weighted by Gasteiger charge is -2.21. The zero-order valence-corrected chi connectivity index (χ0v) is 20.7. The molecule has 0 aliphatic heterocycles. The number of hydrogen-bond acceptors (Lipinski definition) is 5. The van der Waals surface area contributed by atoms with E-state index in [1.54, 1.807) is 24.3 Å². The summed E-state index contributed by atoms with van der Waals surface area (Å²) in [5.41, 5.74) is 3.98. The predicted molar refractivity (Wildman–Crippen MR) is 138 cm³/mol. The summed E-state index contributed by atoms with van der Waals surface area (Å²) >= 11 is 12.0. The van der Waals surface area contributed by atoms with E-state index in [1.807, 2.05) is 30.3 Å². The average molecular weight is 528 g/mol. The summed E-state index contributed by atoms with van der Waals surface area (Å²) in [5.74, 6) is -1.82. The molecule has 186 valence electrons. The Kier molecular flexibility index (Phi) is 9.44. The first-order valence-electron chi connectivity index (χ1n) is 10.8. The van der Waals surface area contributed by atoms with Gasteiger partial charge in [0.1, 0.15) is 11.8 Å². The van der Waals surface area contributed by atoms with Crippen molar-refractivity contribution in [3.8, 4) is 5.75 Å². The smallest absolute Gasteiger partial charge is 0.335 e.